The molecular weight excluding hydrogens is 436 g/mol. The van der Waals surface area contributed by atoms with Crippen LogP contribution in [0.2, 0.25) is 0 Å². The highest BCUT2D eigenvalue weighted by Crippen LogP contribution is 2.30. The number of rotatable bonds is 12. The molecule has 1 aromatic heterocycles. The van der Waals surface area contributed by atoms with Gasteiger partial charge in [-0.2, -0.15) is 0 Å². The summed E-state index contributed by atoms with van der Waals surface area (Å²) in [5.41, 5.74) is 5.60. The fraction of sp³-hybridized carbons (Fsp3) is 0.583. The predicted octanol–water partition coefficient (Wildman–Crippen LogP) is -1.66. The van der Waals surface area contributed by atoms with Crippen molar-refractivity contribution in [3.8, 4) is 0 Å². The van der Waals surface area contributed by atoms with E-state index in [0.29, 0.717) is 25.1 Å². The van der Waals surface area contributed by atoms with Gasteiger partial charge in [-0.05, 0) is 19.4 Å². The van der Waals surface area contributed by atoms with E-state index in [-0.39, 0.29) is 12.8 Å². The fourth-order valence-corrected chi connectivity index (χ4v) is 3.20. The molecule has 2 unspecified atom stereocenters. The molecule has 0 aliphatic rings. The summed E-state index contributed by atoms with van der Waals surface area (Å²) in [4.78, 5) is 61.7. The molecule has 1 rings (SSSR count). The zero-order chi connectivity index (χ0) is 22.7. The number of H-pyrrole nitrogens is 1. The number of carboxylic acids is 2. The normalized spacial score (nSPS) is 13.8. The molecule has 1 aromatic rings. The first-order valence-electron chi connectivity index (χ1n) is 8.05. The summed E-state index contributed by atoms with van der Waals surface area (Å²) in [5.74, 6) is -2.62. The summed E-state index contributed by atoms with van der Waals surface area (Å²) in [6, 6.07) is -2.59. The molecule has 0 saturated heterocycles. The standard InChI is InChI=1S/C6H10N3O5P.C6H15N2O5P/c10-6(11)5(9-15(12,13)14)1-4-2-7-3-8-4;7-4-2-1-3-5(6(9)10)8-14(11,12)13/h2-3,5H,1H2,(H,7,8)(H,10,11)(H3,9,12,13,14);5H,1-4,7H2,(H,9,10)(H3,8,11,12,13). The molecule has 1 heterocycles. The van der Waals surface area contributed by atoms with Gasteiger partial charge in [0.1, 0.15) is 12.1 Å². The van der Waals surface area contributed by atoms with Gasteiger partial charge in [0.2, 0.25) is 0 Å². The lowest BCUT2D eigenvalue weighted by Crippen LogP contribution is -2.36. The Morgan fingerprint density at radius 2 is 1.55 bits per heavy atom. The Balaban J connectivity index is 0.000000543. The number of unbranched alkanes of at least 4 members (excludes halogenated alkanes) is 1. The predicted molar refractivity (Wildman–Crippen MR) is 98.4 cm³/mol. The number of hydrogen-bond donors (Lipinski definition) is 10. The second kappa shape index (κ2) is 12.8. The van der Waals surface area contributed by atoms with Crippen LogP contribution in [0, 0.1) is 0 Å². The highest BCUT2D eigenvalue weighted by Gasteiger charge is 2.26. The Morgan fingerprint density at radius 1 is 1.03 bits per heavy atom. The van der Waals surface area contributed by atoms with Crippen LogP contribution in [0.1, 0.15) is 25.0 Å². The molecule has 0 aliphatic heterocycles. The van der Waals surface area contributed by atoms with E-state index >= 15 is 0 Å². The number of nitrogens with one attached hydrogen (secondary N) is 3. The van der Waals surface area contributed by atoms with Crippen LogP contribution in [0.4, 0.5) is 0 Å². The van der Waals surface area contributed by atoms with Gasteiger partial charge in [-0.3, -0.25) is 9.59 Å². The Labute approximate surface area is 165 Å². The van der Waals surface area contributed by atoms with E-state index in [1.54, 1.807) is 10.2 Å². The molecule has 0 radical (unpaired) electrons. The SMILES string of the molecule is NCCCCC(NP(=O)(O)O)C(=O)O.O=C(O)C(Cc1c[nH]cn1)NP(=O)(O)O. The van der Waals surface area contributed by atoms with E-state index in [2.05, 4.69) is 9.97 Å². The first-order valence-corrected chi connectivity index (χ1v) is 11.3. The number of nitrogens with two attached hydrogens (primary N) is 1. The molecule has 0 bridgehead atoms. The van der Waals surface area contributed by atoms with E-state index in [9.17, 15) is 18.7 Å². The molecule has 0 aliphatic carbocycles. The van der Waals surface area contributed by atoms with E-state index in [4.69, 9.17) is 35.5 Å². The number of carboxylic acid groups (broad SMARTS) is 2. The zero-order valence-electron chi connectivity index (χ0n) is 15.1. The Kier molecular flexibility index (Phi) is 12.1. The monoisotopic (exact) mass is 461 g/mol. The number of nitrogens with zero attached hydrogens (tertiary/aromatic N) is 1. The lowest BCUT2D eigenvalue weighted by Gasteiger charge is -2.14. The quantitative estimate of drug-likeness (QED) is 0.123. The molecule has 0 amide bonds. The molecule has 15 nitrogen and oxygen atoms in total. The van der Waals surface area contributed by atoms with Crippen molar-refractivity contribution in [3.63, 3.8) is 0 Å². The van der Waals surface area contributed by atoms with Crippen molar-refractivity contribution in [2.24, 2.45) is 5.73 Å². The molecule has 168 valence electrons. The average Bonchev–Trinajstić information content (AvgIpc) is 3.04. The van der Waals surface area contributed by atoms with Crippen LogP contribution >= 0.6 is 15.5 Å². The van der Waals surface area contributed by atoms with E-state index in [1.165, 1.54) is 12.5 Å². The van der Waals surface area contributed by atoms with Gasteiger partial charge in [0, 0.05) is 12.6 Å². The van der Waals surface area contributed by atoms with Crippen molar-refractivity contribution < 1.29 is 48.5 Å². The number of aliphatic carboxylic acids is 2. The molecule has 17 heteroatoms. The molecule has 29 heavy (non-hydrogen) atoms. The third-order valence-corrected chi connectivity index (χ3v) is 4.46. The molecule has 0 fully saturated rings. The lowest BCUT2D eigenvalue weighted by atomic mass is 10.1. The summed E-state index contributed by atoms with van der Waals surface area (Å²) in [6.45, 7) is 0.433. The Hall–Kier alpha value is -1.67. The summed E-state index contributed by atoms with van der Waals surface area (Å²) in [7, 11) is -9.05. The average molecular weight is 461 g/mol. The van der Waals surface area contributed by atoms with Gasteiger partial charge in [0.15, 0.2) is 0 Å². The first-order chi connectivity index (χ1) is 13.2. The Morgan fingerprint density at radius 3 is 1.93 bits per heavy atom. The number of imidazole rings is 1. The van der Waals surface area contributed by atoms with Crippen molar-refractivity contribution >= 4 is 27.4 Å². The highest BCUT2D eigenvalue weighted by molar-refractivity contribution is 7.49. The van der Waals surface area contributed by atoms with Crippen molar-refractivity contribution in [2.75, 3.05) is 6.54 Å². The second-order valence-electron chi connectivity index (χ2n) is 5.68. The van der Waals surface area contributed by atoms with Gasteiger partial charge in [-0.1, -0.05) is 6.42 Å². The van der Waals surface area contributed by atoms with E-state index in [0.717, 1.165) is 0 Å². The van der Waals surface area contributed by atoms with Crippen LogP contribution in [0.25, 0.3) is 0 Å². The molecule has 0 saturated carbocycles. The summed E-state index contributed by atoms with van der Waals surface area (Å²) in [5, 5.41) is 20.7. The number of hydrogen-bond acceptors (Lipinski definition) is 6. The maximum absolute atomic E-state index is 10.7. The van der Waals surface area contributed by atoms with Crippen LogP contribution in [-0.2, 0) is 25.1 Å². The minimum Gasteiger partial charge on any atom is -0.480 e. The summed E-state index contributed by atoms with van der Waals surface area (Å²) >= 11 is 0. The summed E-state index contributed by atoms with van der Waals surface area (Å²) < 4.78 is 21.0. The maximum Gasteiger partial charge on any atom is 0.401 e. The number of aromatic nitrogens is 2. The van der Waals surface area contributed by atoms with E-state index < -0.39 is 39.5 Å². The maximum atomic E-state index is 10.7. The second-order valence-corrected chi connectivity index (χ2v) is 8.37. The molecule has 0 spiro atoms. The minimum atomic E-state index is -4.56. The molecule has 2 atom stereocenters. The van der Waals surface area contributed by atoms with Gasteiger partial charge in [-0.15, -0.1) is 0 Å². The largest absolute Gasteiger partial charge is 0.480 e. The topological polar surface area (TPSA) is 268 Å². The lowest BCUT2D eigenvalue weighted by molar-refractivity contribution is -0.140. The summed E-state index contributed by atoms with van der Waals surface area (Å²) in [6.07, 6.45) is 4.00. The Bertz CT molecular complexity index is 719. The number of carbonyl (C=O) groups is 2. The van der Waals surface area contributed by atoms with Crippen LogP contribution in [0.15, 0.2) is 12.5 Å². The van der Waals surface area contributed by atoms with Gasteiger partial charge in [0.25, 0.3) is 0 Å². The van der Waals surface area contributed by atoms with Crippen LogP contribution in [0.5, 0.6) is 0 Å². The third kappa shape index (κ3) is 14.9. The van der Waals surface area contributed by atoms with Gasteiger partial charge >= 0.3 is 27.4 Å². The minimum absolute atomic E-state index is 0.107. The third-order valence-electron chi connectivity index (χ3n) is 3.16. The van der Waals surface area contributed by atoms with Crippen molar-refractivity contribution in [3.05, 3.63) is 18.2 Å². The smallest absolute Gasteiger partial charge is 0.401 e. The first kappa shape index (κ1) is 27.3. The molecule has 0 aromatic carbocycles. The zero-order valence-corrected chi connectivity index (χ0v) is 16.9. The highest BCUT2D eigenvalue weighted by atomic mass is 31.2. The van der Waals surface area contributed by atoms with Crippen LogP contribution in [0.3, 0.4) is 0 Å². The van der Waals surface area contributed by atoms with Gasteiger partial charge in [-0.25, -0.2) is 24.3 Å². The van der Waals surface area contributed by atoms with Crippen LogP contribution in [-0.4, -0.2) is 70.3 Å². The molecule has 11 N–H and O–H groups in total. The van der Waals surface area contributed by atoms with Gasteiger partial charge < -0.3 is 40.5 Å². The van der Waals surface area contributed by atoms with Gasteiger partial charge in [0.05, 0.1) is 12.0 Å². The van der Waals surface area contributed by atoms with Crippen molar-refractivity contribution in [1.82, 2.24) is 20.1 Å². The fourth-order valence-electron chi connectivity index (χ4n) is 1.94. The van der Waals surface area contributed by atoms with Crippen molar-refractivity contribution in [2.45, 2.75) is 37.8 Å². The number of aromatic amines is 1. The van der Waals surface area contributed by atoms with Crippen molar-refractivity contribution in [1.29, 1.82) is 0 Å². The van der Waals surface area contributed by atoms with Crippen LogP contribution < -0.4 is 15.9 Å². The van der Waals surface area contributed by atoms with E-state index in [1.807, 2.05) is 0 Å². The molecular formula is C12H25N5O10P2.